The smallest absolute Gasteiger partial charge is 0.329 e. The molecule has 1 aliphatic rings. The molecule has 5 nitrogen and oxygen atoms in total. The Balaban J connectivity index is 2.41. The molecule has 104 valence electrons. The number of amides is 2. The van der Waals surface area contributed by atoms with Crippen LogP contribution in [0.1, 0.15) is 52.9 Å². The summed E-state index contributed by atoms with van der Waals surface area (Å²) in [4.78, 5) is 22.9. The Kier molecular flexibility index (Phi) is 4.99. The molecular formula is C13H24N2O3. The molecule has 3 N–H and O–H groups in total. The van der Waals surface area contributed by atoms with Crippen molar-refractivity contribution in [1.29, 1.82) is 0 Å². The summed E-state index contributed by atoms with van der Waals surface area (Å²) in [5.41, 5.74) is -1.17. The van der Waals surface area contributed by atoms with Crippen molar-refractivity contribution in [2.75, 3.05) is 0 Å². The molecule has 1 saturated carbocycles. The van der Waals surface area contributed by atoms with Crippen LogP contribution in [0.3, 0.4) is 0 Å². The zero-order valence-corrected chi connectivity index (χ0v) is 11.5. The molecule has 3 atom stereocenters. The summed E-state index contributed by atoms with van der Waals surface area (Å²) in [7, 11) is 0. The van der Waals surface area contributed by atoms with E-state index in [1.54, 1.807) is 6.92 Å². The molecule has 0 aromatic heterocycles. The third-order valence-corrected chi connectivity index (χ3v) is 3.51. The number of carbonyl (C=O) groups excluding carboxylic acids is 1. The van der Waals surface area contributed by atoms with Crippen molar-refractivity contribution in [3.8, 4) is 0 Å². The Labute approximate surface area is 108 Å². The number of hydrogen-bond acceptors (Lipinski definition) is 2. The van der Waals surface area contributed by atoms with Gasteiger partial charge < -0.3 is 15.7 Å². The Hall–Kier alpha value is -1.26. The van der Waals surface area contributed by atoms with Crippen molar-refractivity contribution >= 4 is 12.0 Å². The second-order valence-corrected chi connectivity index (χ2v) is 5.38. The average Bonchev–Trinajstić information content (AvgIpc) is 2.96. The molecule has 0 aromatic rings. The van der Waals surface area contributed by atoms with E-state index in [0.29, 0.717) is 18.8 Å². The van der Waals surface area contributed by atoms with Gasteiger partial charge in [-0.15, -0.1) is 0 Å². The third kappa shape index (κ3) is 3.89. The van der Waals surface area contributed by atoms with Crippen LogP contribution in [0.25, 0.3) is 0 Å². The van der Waals surface area contributed by atoms with E-state index >= 15 is 0 Å². The van der Waals surface area contributed by atoms with E-state index in [2.05, 4.69) is 17.6 Å². The van der Waals surface area contributed by atoms with E-state index < -0.39 is 11.5 Å². The lowest BCUT2D eigenvalue weighted by Crippen LogP contribution is -2.55. The topological polar surface area (TPSA) is 78.4 Å². The fraction of sp³-hybridized carbons (Fsp3) is 0.846. The van der Waals surface area contributed by atoms with Crippen LogP contribution in [0.2, 0.25) is 0 Å². The van der Waals surface area contributed by atoms with E-state index in [1.165, 1.54) is 0 Å². The average molecular weight is 256 g/mol. The molecule has 0 bridgehead atoms. The highest BCUT2D eigenvalue weighted by molar-refractivity contribution is 5.86. The van der Waals surface area contributed by atoms with Crippen molar-refractivity contribution in [2.45, 2.75) is 64.5 Å². The Bertz CT molecular complexity index is 319. The van der Waals surface area contributed by atoms with Crippen LogP contribution in [-0.4, -0.2) is 28.7 Å². The largest absolute Gasteiger partial charge is 0.480 e. The minimum absolute atomic E-state index is 0.227. The molecule has 0 spiro atoms. The second-order valence-electron chi connectivity index (χ2n) is 5.38. The van der Waals surface area contributed by atoms with Gasteiger partial charge in [-0.2, -0.15) is 0 Å². The summed E-state index contributed by atoms with van der Waals surface area (Å²) in [6, 6.07) is -0.137. The van der Waals surface area contributed by atoms with Crippen LogP contribution in [0.5, 0.6) is 0 Å². The lowest BCUT2D eigenvalue weighted by atomic mass is 9.97. The van der Waals surface area contributed by atoms with Gasteiger partial charge in [0.25, 0.3) is 0 Å². The maximum absolute atomic E-state index is 11.8. The number of carboxylic acids is 1. The molecule has 0 aliphatic heterocycles. The quantitative estimate of drug-likeness (QED) is 0.653. The molecule has 0 aromatic carbocycles. The first-order valence-electron chi connectivity index (χ1n) is 6.75. The molecule has 2 amide bonds. The maximum atomic E-state index is 11.8. The van der Waals surface area contributed by atoms with Crippen LogP contribution in [0.15, 0.2) is 0 Å². The lowest BCUT2D eigenvalue weighted by molar-refractivity contribution is -0.144. The van der Waals surface area contributed by atoms with Crippen molar-refractivity contribution < 1.29 is 14.7 Å². The van der Waals surface area contributed by atoms with E-state index in [-0.39, 0.29) is 12.1 Å². The summed E-state index contributed by atoms with van der Waals surface area (Å²) in [5, 5.41) is 14.6. The number of carbonyl (C=O) groups is 2. The van der Waals surface area contributed by atoms with Gasteiger partial charge in [-0.05, 0) is 32.1 Å². The van der Waals surface area contributed by atoms with Gasteiger partial charge in [0.15, 0.2) is 0 Å². The molecule has 0 heterocycles. The fourth-order valence-corrected chi connectivity index (χ4v) is 2.29. The third-order valence-electron chi connectivity index (χ3n) is 3.51. The molecule has 18 heavy (non-hydrogen) atoms. The Morgan fingerprint density at radius 3 is 2.50 bits per heavy atom. The van der Waals surface area contributed by atoms with Gasteiger partial charge in [0.1, 0.15) is 5.54 Å². The number of urea groups is 1. The van der Waals surface area contributed by atoms with E-state index in [4.69, 9.17) is 5.11 Å². The van der Waals surface area contributed by atoms with Crippen LogP contribution in [0, 0.1) is 5.92 Å². The van der Waals surface area contributed by atoms with Crippen molar-refractivity contribution in [3.63, 3.8) is 0 Å². The second kappa shape index (κ2) is 6.07. The summed E-state index contributed by atoms with van der Waals surface area (Å²) >= 11 is 0. The predicted octanol–water partition coefficient (Wildman–Crippen LogP) is 2.12. The van der Waals surface area contributed by atoms with Gasteiger partial charge in [0.05, 0.1) is 0 Å². The Morgan fingerprint density at radius 1 is 1.33 bits per heavy atom. The van der Waals surface area contributed by atoms with E-state index in [0.717, 1.165) is 19.3 Å². The highest BCUT2D eigenvalue weighted by atomic mass is 16.4. The van der Waals surface area contributed by atoms with Gasteiger partial charge in [-0.3, -0.25) is 0 Å². The van der Waals surface area contributed by atoms with Gasteiger partial charge in [-0.25, -0.2) is 9.59 Å². The maximum Gasteiger partial charge on any atom is 0.329 e. The highest BCUT2D eigenvalue weighted by Crippen LogP contribution is 2.34. The zero-order valence-electron chi connectivity index (χ0n) is 11.5. The van der Waals surface area contributed by atoms with Crippen LogP contribution in [-0.2, 0) is 4.79 Å². The molecule has 1 rings (SSSR count). The summed E-state index contributed by atoms with van der Waals surface area (Å²) in [6.45, 7) is 5.58. The Morgan fingerprint density at radius 2 is 2.00 bits per heavy atom. The number of aliphatic carboxylic acids is 1. The number of nitrogens with one attached hydrogen (secondary N) is 2. The van der Waals surface area contributed by atoms with Gasteiger partial charge in [-0.1, -0.05) is 26.7 Å². The minimum atomic E-state index is -1.17. The van der Waals surface area contributed by atoms with Crippen molar-refractivity contribution in [1.82, 2.24) is 10.6 Å². The van der Waals surface area contributed by atoms with Crippen LogP contribution in [0.4, 0.5) is 4.79 Å². The summed E-state index contributed by atoms with van der Waals surface area (Å²) in [5.74, 6) is -0.414. The minimum Gasteiger partial charge on any atom is -0.480 e. The van der Waals surface area contributed by atoms with Gasteiger partial charge in [0.2, 0.25) is 0 Å². The molecule has 1 fully saturated rings. The molecule has 3 unspecified atom stereocenters. The predicted molar refractivity (Wildman–Crippen MR) is 69.4 cm³/mol. The first-order chi connectivity index (χ1) is 8.42. The molecule has 0 radical (unpaired) electrons. The number of carboxylic acid groups (broad SMARTS) is 1. The summed E-state index contributed by atoms with van der Waals surface area (Å²) < 4.78 is 0. The normalized spacial score (nSPS) is 25.1. The van der Waals surface area contributed by atoms with Crippen molar-refractivity contribution in [3.05, 3.63) is 0 Å². The molecule has 1 aliphatic carbocycles. The molecule has 0 saturated heterocycles. The first kappa shape index (κ1) is 14.8. The molecule has 5 heteroatoms. The van der Waals surface area contributed by atoms with Crippen LogP contribution < -0.4 is 10.6 Å². The SMILES string of the molecule is CCCC1CC1NC(=O)NC(C)(CCC)C(=O)O. The number of rotatable bonds is 7. The standard InChI is InChI=1S/C13H24N2O3/c1-4-6-9-8-10(9)14-12(18)15-13(3,7-5-2)11(16)17/h9-10H,4-8H2,1-3H3,(H,16,17)(H2,14,15,18). The zero-order chi connectivity index (χ0) is 13.8. The fourth-order valence-electron chi connectivity index (χ4n) is 2.29. The van der Waals surface area contributed by atoms with E-state index in [9.17, 15) is 9.59 Å². The lowest BCUT2D eigenvalue weighted by Gasteiger charge is -2.25. The number of hydrogen-bond donors (Lipinski definition) is 3. The van der Waals surface area contributed by atoms with E-state index in [1.807, 2.05) is 6.92 Å². The van der Waals surface area contributed by atoms with Crippen molar-refractivity contribution in [2.24, 2.45) is 5.92 Å². The first-order valence-corrected chi connectivity index (χ1v) is 6.75. The van der Waals surface area contributed by atoms with Gasteiger partial charge >= 0.3 is 12.0 Å². The molecular weight excluding hydrogens is 232 g/mol. The van der Waals surface area contributed by atoms with Crippen LogP contribution >= 0.6 is 0 Å². The highest BCUT2D eigenvalue weighted by Gasteiger charge is 2.39. The summed E-state index contributed by atoms with van der Waals surface area (Å²) in [6.07, 6.45) is 4.39. The van der Waals surface area contributed by atoms with Gasteiger partial charge in [0, 0.05) is 6.04 Å². The monoisotopic (exact) mass is 256 g/mol.